The van der Waals surface area contributed by atoms with Crippen molar-refractivity contribution in [2.45, 2.75) is 45.4 Å². The van der Waals surface area contributed by atoms with Crippen molar-refractivity contribution >= 4 is 17.2 Å². The number of fused-ring (bicyclic) bond motifs is 1. The van der Waals surface area contributed by atoms with Crippen LogP contribution in [0.25, 0.3) is 22.2 Å². The lowest BCUT2D eigenvalue weighted by molar-refractivity contribution is 0.0515. The van der Waals surface area contributed by atoms with Crippen molar-refractivity contribution in [2.75, 3.05) is 20.6 Å². The van der Waals surface area contributed by atoms with Crippen LogP contribution in [0.5, 0.6) is 0 Å². The number of oxazole rings is 1. The van der Waals surface area contributed by atoms with Gasteiger partial charge >= 0.3 is 11.8 Å². The van der Waals surface area contributed by atoms with Crippen LogP contribution in [0, 0.1) is 17.1 Å². The van der Waals surface area contributed by atoms with Crippen molar-refractivity contribution in [3.63, 3.8) is 0 Å². The van der Waals surface area contributed by atoms with Crippen LogP contribution in [0.4, 0.5) is 9.18 Å². The van der Waals surface area contributed by atoms with Crippen LogP contribution in [-0.4, -0.2) is 47.8 Å². The maximum atomic E-state index is 14.9. The van der Waals surface area contributed by atoms with Crippen molar-refractivity contribution in [3.8, 4) is 17.2 Å². The zero-order chi connectivity index (χ0) is 25.0. The Morgan fingerprint density at radius 3 is 2.53 bits per heavy atom. The summed E-state index contributed by atoms with van der Waals surface area (Å²) in [5, 5.41) is 11.8. The lowest BCUT2D eigenvalue weighted by atomic mass is 10.00. The first-order chi connectivity index (χ1) is 16.0. The lowest BCUT2D eigenvalue weighted by Crippen LogP contribution is -2.39. The number of alkyl carbamates (subject to hydrolysis) is 1. The van der Waals surface area contributed by atoms with E-state index in [4.69, 9.17) is 9.15 Å². The Bertz CT molecular complexity index is 1280. The van der Waals surface area contributed by atoms with E-state index in [1.165, 1.54) is 6.07 Å². The molecule has 9 heteroatoms. The molecule has 0 aliphatic rings. The van der Waals surface area contributed by atoms with E-state index in [0.29, 0.717) is 35.3 Å². The van der Waals surface area contributed by atoms with E-state index in [-0.39, 0.29) is 6.42 Å². The standard InChI is InChI=1S/C25H29FN4O4/c1-25(2,3)34-23(31)28-19(15-27)12-18-7-6-16(13-20(18)26)17-8-9-22-21(14-17)30(24(32)33-22)11-10-29(4)5/h6-9,13-14,19H,10-12H2,1-5H3,(H,28,31)/t19-/m0/s1. The number of halogens is 1. The molecule has 0 saturated heterocycles. The topological polar surface area (TPSA) is 101 Å². The number of ether oxygens (including phenoxy) is 1. The van der Waals surface area contributed by atoms with E-state index in [2.05, 4.69) is 5.32 Å². The van der Waals surface area contributed by atoms with Crippen LogP contribution in [0.1, 0.15) is 26.3 Å². The molecule has 1 aromatic heterocycles. The Labute approximate surface area is 197 Å². The SMILES string of the molecule is CN(C)CCn1c(=O)oc2ccc(-c3ccc(C[C@@H](C#N)NC(=O)OC(C)(C)C)c(F)c3)cc21. The second-order valence-electron chi connectivity index (χ2n) is 9.34. The zero-order valence-electron chi connectivity index (χ0n) is 20.0. The number of benzene rings is 2. The van der Waals surface area contributed by atoms with E-state index >= 15 is 0 Å². The highest BCUT2D eigenvalue weighted by Crippen LogP contribution is 2.26. The Morgan fingerprint density at radius 2 is 1.91 bits per heavy atom. The second-order valence-corrected chi connectivity index (χ2v) is 9.34. The molecule has 0 unspecified atom stereocenters. The molecular formula is C25H29FN4O4. The number of nitrogens with one attached hydrogen (secondary N) is 1. The van der Waals surface area contributed by atoms with E-state index in [1.807, 2.05) is 25.1 Å². The predicted octanol–water partition coefficient (Wildman–Crippen LogP) is 3.92. The zero-order valence-corrected chi connectivity index (χ0v) is 20.0. The van der Waals surface area contributed by atoms with Crippen LogP contribution < -0.4 is 11.1 Å². The van der Waals surface area contributed by atoms with Gasteiger partial charge in [-0.2, -0.15) is 5.26 Å². The molecule has 0 aliphatic heterocycles. The van der Waals surface area contributed by atoms with Gasteiger partial charge in [0.15, 0.2) is 5.58 Å². The van der Waals surface area contributed by atoms with Crippen LogP contribution >= 0.6 is 0 Å². The molecule has 2 aromatic carbocycles. The van der Waals surface area contributed by atoms with Crippen molar-refractivity contribution in [2.24, 2.45) is 0 Å². The fourth-order valence-electron chi connectivity index (χ4n) is 3.44. The Balaban J connectivity index is 1.81. The number of amides is 1. The molecule has 0 fully saturated rings. The minimum atomic E-state index is -0.941. The summed E-state index contributed by atoms with van der Waals surface area (Å²) in [6, 6.07) is 11.0. The smallest absolute Gasteiger partial charge is 0.419 e. The minimum Gasteiger partial charge on any atom is -0.444 e. The quantitative estimate of drug-likeness (QED) is 0.564. The van der Waals surface area contributed by atoms with Crippen LogP contribution in [0.15, 0.2) is 45.6 Å². The van der Waals surface area contributed by atoms with Gasteiger partial charge in [-0.25, -0.2) is 14.0 Å². The molecule has 0 aliphatic carbocycles. The van der Waals surface area contributed by atoms with Crippen molar-refractivity contribution in [1.29, 1.82) is 5.26 Å². The van der Waals surface area contributed by atoms with Crippen LogP contribution in [-0.2, 0) is 17.7 Å². The van der Waals surface area contributed by atoms with Crippen molar-refractivity contribution in [1.82, 2.24) is 14.8 Å². The highest BCUT2D eigenvalue weighted by molar-refractivity contribution is 5.80. The minimum absolute atomic E-state index is 0.00724. The summed E-state index contributed by atoms with van der Waals surface area (Å²) >= 11 is 0. The van der Waals surface area contributed by atoms with Crippen molar-refractivity contribution < 1.29 is 18.3 Å². The van der Waals surface area contributed by atoms with Crippen molar-refractivity contribution in [3.05, 3.63) is 58.3 Å². The van der Waals surface area contributed by atoms with E-state index in [0.717, 1.165) is 5.56 Å². The summed E-state index contributed by atoms with van der Waals surface area (Å²) < 4.78 is 27.0. The average Bonchev–Trinajstić information content (AvgIpc) is 3.05. The molecule has 34 heavy (non-hydrogen) atoms. The number of carbonyl (C=O) groups excluding carboxylic acids is 1. The summed E-state index contributed by atoms with van der Waals surface area (Å²) in [7, 11) is 3.84. The molecule has 1 atom stereocenters. The Kier molecular flexibility index (Phi) is 7.42. The fraction of sp³-hybridized carbons (Fsp3) is 0.400. The molecule has 0 radical (unpaired) electrons. The number of rotatable bonds is 7. The molecule has 1 N–H and O–H groups in total. The van der Waals surface area contributed by atoms with Gasteiger partial charge in [-0.15, -0.1) is 0 Å². The number of carbonyl (C=O) groups is 1. The predicted molar refractivity (Wildman–Crippen MR) is 127 cm³/mol. The third-order valence-corrected chi connectivity index (χ3v) is 5.10. The molecular weight excluding hydrogens is 439 g/mol. The van der Waals surface area contributed by atoms with Gasteiger partial charge in [0, 0.05) is 19.5 Å². The molecule has 0 bridgehead atoms. The van der Waals surface area contributed by atoms with Gasteiger partial charge in [0.2, 0.25) is 0 Å². The molecule has 0 saturated carbocycles. The second kappa shape index (κ2) is 10.1. The largest absolute Gasteiger partial charge is 0.444 e. The third-order valence-electron chi connectivity index (χ3n) is 5.10. The molecule has 8 nitrogen and oxygen atoms in total. The van der Waals surface area contributed by atoms with Gasteiger partial charge < -0.3 is 19.4 Å². The Morgan fingerprint density at radius 1 is 1.24 bits per heavy atom. The number of likely N-dealkylation sites (N-methyl/N-ethyl adjacent to an activating group) is 1. The molecule has 0 spiro atoms. The molecule has 1 amide bonds. The first kappa shape index (κ1) is 25.0. The highest BCUT2D eigenvalue weighted by Gasteiger charge is 2.21. The average molecular weight is 469 g/mol. The monoisotopic (exact) mass is 468 g/mol. The number of hydrogen-bond acceptors (Lipinski definition) is 6. The summed E-state index contributed by atoms with van der Waals surface area (Å²) in [6.45, 7) is 6.29. The summed E-state index contributed by atoms with van der Waals surface area (Å²) in [5.41, 5.74) is 2.03. The summed E-state index contributed by atoms with van der Waals surface area (Å²) in [6.07, 6.45) is -0.739. The summed E-state index contributed by atoms with van der Waals surface area (Å²) in [4.78, 5) is 26.2. The summed E-state index contributed by atoms with van der Waals surface area (Å²) in [5.74, 6) is -0.934. The van der Waals surface area contributed by atoms with E-state index < -0.39 is 29.3 Å². The van der Waals surface area contributed by atoms with Gasteiger partial charge in [-0.3, -0.25) is 4.57 Å². The fourth-order valence-corrected chi connectivity index (χ4v) is 3.44. The number of hydrogen-bond donors (Lipinski definition) is 1. The normalized spacial score (nSPS) is 12.5. The van der Waals surface area contributed by atoms with Gasteiger partial charge in [-0.05, 0) is 69.8 Å². The van der Waals surface area contributed by atoms with Gasteiger partial charge in [0.05, 0.1) is 11.6 Å². The number of nitriles is 1. The van der Waals surface area contributed by atoms with Gasteiger partial charge in [0.25, 0.3) is 0 Å². The molecule has 180 valence electrons. The van der Waals surface area contributed by atoms with Crippen LogP contribution in [0.3, 0.4) is 0 Å². The first-order valence-electron chi connectivity index (χ1n) is 10.9. The van der Waals surface area contributed by atoms with Crippen LogP contribution in [0.2, 0.25) is 0 Å². The number of aromatic nitrogens is 1. The third kappa shape index (κ3) is 6.23. The Hall–Kier alpha value is -3.64. The molecule has 3 rings (SSSR count). The molecule has 3 aromatic rings. The van der Waals surface area contributed by atoms with Gasteiger partial charge in [-0.1, -0.05) is 18.2 Å². The maximum absolute atomic E-state index is 14.9. The van der Waals surface area contributed by atoms with E-state index in [9.17, 15) is 19.2 Å². The highest BCUT2D eigenvalue weighted by atomic mass is 19.1. The van der Waals surface area contributed by atoms with Gasteiger partial charge in [0.1, 0.15) is 17.5 Å². The first-order valence-corrected chi connectivity index (χ1v) is 10.9. The van der Waals surface area contributed by atoms with E-state index in [1.54, 1.807) is 55.7 Å². The number of nitrogens with zero attached hydrogens (tertiary/aromatic N) is 3. The lowest BCUT2D eigenvalue weighted by Gasteiger charge is -2.21. The molecule has 1 heterocycles. The maximum Gasteiger partial charge on any atom is 0.419 e.